The molecular formula is C19H16N2O3. The molecule has 0 aliphatic carbocycles. The Morgan fingerprint density at radius 3 is 2.71 bits per heavy atom. The van der Waals surface area contributed by atoms with Crippen LogP contribution in [-0.4, -0.2) is 23.8 Å². The normalized spacial score (nSPS) is 19.8. The molecule has 120 valence electrons. The number of rotatable bonds is 2. The van der Waals surface area contributed by atoms with Crippen molar-refractivity contribution in [3.8, 4) is 0 Å². The van der Waals surface area contributed by atoms with Crippen molar-refractivity contribution in [3.05, 3.63) is 48.0 Å². The van der Waals surface area contributed by atoms with Crippen molar-refractivity contribution in [1.29, 1.82) is 0 Å². The SMILES string of the molecule is C=C(C)c1ccc2c3c(cccc13)C(=O)N2C1CCC(=O)NC1=O. The largest absolute Gasteiger partial charge is 0.295 e. The molecule has 0 bridgehead atoms. The second-order valence-corrected chi connectivity index (χ2v) is 6.28. The summed E-state index contributed by atoms with van der Waals surface area (Å²) >= 11 is 0. The topological polar surface area (TPSA) is 66.5 Å². The molecule has 4 rings (SSSR count). The van der Waals surface area contributed by atoms with Crippen molar-refractivity contribution in [2.24, 2.45) is 0 Å². The molecule has 0 aromatic heterocycles. The summed E-state index contributed by atoms with van der Waals surface area (Å²) in [4.78, 5) is 38.1. The number of imide groups is 1. The molecule has 2 aromatic carbocycles. The lowest BCUT2D eigenvalue weighted by atomic mass is 9.97. The number of carbonyl (C=O) groups excluding carboxylic acids is 3. The number of amides is 3. The lowest BCUT2D eigenvalue weighted by Crippen LogP contribution is -2.53. The van der Waals surface area contributed by atoms with Crippen molar-refractivity contribution in [2.75, 3.05) is 4.90 Å². The fourth-order valence-electron chi connectivity index (χ4n) is 3.62. The van der Waals surface area contributed by atoms with Gasteiger partial charge in [-0.1, -0.05) is 30.4 Å². The molecule has 5 heteroatoms. The Labute approximate surface area is 138 Å². The zero-order valence-corrected chi connectivity index (χ0v) is 13.3. The molecule has 2 aliphatic rings. The molecule has 5 nitrogen and oxygen atoms in total. The molecule has 0 saturated carbocycles. The first-order valence-corrected chi connectivity index (χ1v) is 7.88. The van der Waals surface area contributed by atoms with Gasteiger partial charge in [-0.3, -0.25) is 24.6 Å². The Hall–Kier alpha value is -2.95. The van der Waals surface area contributed by atoms with E-state index in [-0.39, 0.29) is 18.2 Å². The van der Waals surface area contributed by atoms with E-state index < -0.39 is 11.9 Å². The Morgan fingerprint density at radius 2 is 2.00 bits per heavy atom. The first kappa shape index (κ1) is 14.6. The minimum atomic E-state index is -0.651. The number of hydrogen-bond acceptors (Lipinski definition) is 3. The number of nitrogens with one attached hydrogen (secondary N) is 1. The van der Waals surface area contributed by atoms with Crippen molar-refractivity contribution < 1.29 is 14.4 Å². The molecule has 1 fully saturated rings. The van der Waals surface area contributed by atoms with Crippen LogP contribution in [0.4, 0.5) is 5.69 Å². The van der Waals surface area contributed by atoms with E-state index in [0.29, 0.717) is 12.0 Å². The summed E-state index contributed by atoms with van der Waals surface area (Å²) in [6.07, 6.45) is 0.581. The maximum absolute atomic E-state index is 12.9. The fraction of sp³-hybridized carbons (Fsp3) is 0.211. The van der Waals surface area contributed by atoms with Gasteiger partial charge in [-0.05, 0) is 36.4 Å². The Bertz CT molecular complexity index is 945. The van der Waals surface area contributed by atoms with Crippen LogP contribution in [0.15, 0.2) is 36.9 Å². The smallest absolute Gasteiger partial charge is 0.259 e. The number of piperidine rings is 1. The van der Waals surface area contributed by atoms with Gasteiger partial charge in [0.1, 0.15) is 6.04 Å². The Balaban J connectivity index is 1.90. The first-order valence-electron chi connectivity index (χ1n) is 7.88. The number of nitrogens with zero attached hydrogens (tertiary/aromatic N) is 1. The van der Waals surface area contributed by atoms with E-state index in [1.165, 1.54) is 4.90 Å². The maximum Gasteiger partial charge on any atom is 0.259 e. The third-order valence-corrected chi connectivity index (χ3v) is 4.71. The molecule has 3 amide bonds. The summed E-state index contributed by atoms with van der Waals surface area (Å²) in [5.74, 6) is -0.892. The number of hydrogen-bond donors (Lipinski definition) is 1. The van der Waals surface area contributed by atoms with E-state index in [2.05, 4.69) is 11.9 Å². The summed E-state index contributed by atoms with van der Waals surface area (Å²) in [5, 5.41) is 4.14. The minimum absolute atomic E-state index is 0.191. The van der Waals surface area contributed by atoms with Crippen LogP contribution in [0.3, 0.4) is 0 Å². The lowest BCUT2D eigenvalue weighted by Gasteiger charge is -2.30. The number of carbonyl (C=O) groups is 3. The van der Waals surface area contributed by atoms with Crippen LogP contribution >= 0.6 is 0 Å². The first-order chi connectivity index (χ1) is 11.5. The summed E-state index contributed by atoms with van der Waals surface area (Å²) < 4.78 is 0. The van der Waals surface area contributed by atoms with Crippen LogP contribution in [0, 0.1) is 0 Å². The van der Waals surface area contributed by atoms with Crippen molar-refractivity contribution in [3.63, 3.8) is 0 Å². The Kier molecular flexibility index (Phi) is 3.06. The Morgan fingerprint density at radius 1 is 1.21 bits per heavy atom. The molecule has 1 N–H and O–H groups in total. The predicted octanol–water partition coefficient (Wildman–Crippen LogP) is 2.64. The second-order valence-electron chi connectivity index (χ2n) is 6.28. The number of allylic oxidation sites excluding steroid dienone is 1. The molecule has 1 unspecified atom stereocenters. The summed E-state index contributed by atoms with van der Waals surface area (Å²) in [6, 6.07) is 8.74. The molecule has 2 aromatic rings. The third-order valence-electron chi connectivity index (χ3n) is 4.71. The predicted molar refractivity (Wildman–Crippen MR) is 91.6 cm³/mol. The highest BCUT2D eigenvalue weighted by atomic mass is 16.2. The van der Waals surface area contributed by atoms with Crippen LogP contribution in [0.5, 0.6) is 0 Å². The van der Waals surface area contributed by atoms with Gasteiger partial charge in [-0.15, -0.1) is 0 Å². The van der Waals surface area contributed by atoms with E-state index in [1.54, 1.807) is 6.07 Å². The lowest BCUT2D eigenvalue weighted by molar-refractivity contribution is -0.134. The van der Waals surface area contributed by atoms with E-state index >= 15 is 0 Å². The maximum atomic E-state index is 12.9. The summed E-state index contributed by atoms with van der Waals surface area (Å²) in [7, 11) is 0. The highest BCUT2D eigenvalue weighted by Gasteiger charge is 2.40. The second kappa shape index (κ2) is 5.03. The molecule has 2 aliphatic heterocycles. The third kappa shape index (κ3) is 1.91. The molecular weight excluding hydrogens is 304 g/mol. The number of benzene rings is 2. The number of anilines is 1. The highest BCUT2D eigenvalue weighted by molar-refractivity contribution is 6.28. The van der Waals surface area contributed by atoms with Crippen molar-refractivity contribution in [1.82, 2.24) is 5.32 Å². The van der Waals surface area contributed by atoms with Gasteiger partial charge in [0.15, 0.2) is 0 Å². The zero-order valence-electron chi connectivity index (χ0n) is 13.3. The molecule has 24 heavy (non-hydrogen) atoms. The van der Waals surface area contributed by atoms with Crippen LogP contribution in [0.1, 0.15) is 35.7 Å². The average Bonchev–Trinajstić information content (AvgIpc) is 2.82. The summed E-state index contributed by atoms with van der Waals surface area (Å²) in [6.45, 7) is 5.93. The van der Waals surface area contributed by atoms with E-state index in [9.17, 15) is 14.4 Å². The van der Waals surface area contributed by atoms with Gasteiger partial charge < -0.3 is 0 Å². The van der Waals surface area contributed by atoms with Gasteiger partial charge in [0.25, 0.3) is 5.91 Å². The molecule has 2 heterocycles. The fourth-order valence-corrected chi connectivity index (χ4v) is 3.62. The van der Waals surface area contributed by atoms with Gasteiger partial charge >= 0.3 is 0 Å². The molecule has 0 radical (unpaired) electrons. The van der Waals surface area contributed by atoms with E-state index in [1.807, 2.05) is 31.2 Å². The molecule has 1 saturated heterocycles. The highest BCUT2D eigenvalue weighted by Crippen LogP contribution is 2.42. The monoisotopic (exact) mass is 320 g/mol. The van der Waals surface area contributed by atoms with Crippen LogP contribution < -0.4 is 10.2 Å². The quantitative estimate of drug-likeness (QED) is 0.865. The minimum Gasteiger partial charge on any atom is -0.295 e. The standard InChI is InChI=1S/C19H16N2O3/c1-10(2)11-6-7-14-17-12(11)4-3-5-13(17)19(24)21(14)15-8-9-16(22)20-18(15)23/h3-7,15H,1,8-9H2,2H3,(H,20,22,23). The molecule has 1 atom stereocenters. The van der Waals surface area contributed by atoms with Crippen LogP contribution in [0.2, 0.25) is 0 Å². The van der Waals surface area contributed by atoms with Gasteiger partial charge in [-0.25, -0.2) is 0 Å². The van der Waals surface area contributed by atoms with E-state index in [0.717, 1.165) is 27.6 Å². The van der Waals surface area contributed by atoms with Gasteiger partial charge in [0.05, 0.1) is 5.69 Å². The van der Waals surface area contributed by atoms with Crippen molar-refractivity contribution in [2.45, 2.75) is 25.8 Å². The molecule has 0 spiro atoms. The van der Waals surface area contributed by atoms with Gasteiger partial charge in [0, 0.05) is 17.4 Å². The van der Waals surface area contributed by atoms with E-state index in [4.69, 9.17) is 0 Å². The van der Waals surface area contributed by atoms with Gasteiger partial charge in [0.2, 0.25) is 11.8 Å². The zero-order chi connectivity index (χ0) is 17.0. The summed E-state index contributed by atoms with van der Waals surface area (Å²) in [5.41, 5.74) is 3.24. The van der Waals surface area contributed by atoms with Crippen LogP contribution in [-0.2, 0) is 9.59 Å². The average molecular weight is 320 g/mol. The van der Waals surface area contributed by atoms with Crippen molar-refractivity contribution >= 4 is 39.8 Å². The van der Waals surface area contributed by atoms with Gasteiger partial charge in [-0.2, -0.15) is 0 Å². The van der Waals surface area contributed by atoms with Crippen LogP contribution in [0.25, 0.3) is 16.3 Å².